The van der Waals surface area contributed by atoms with E-state index in [1.807, 2.05) is 60.7 Å². The quantitative estimate of drug-likeness (QED) is 0.287. The third-order valence-corrected chi connectivity index (χ3v) is 5.61. The predicted octanol–water partition coefficient (Wildman–Crippen LogP) is 5.33. The molecule has 0 spiro atoms. The predicted molar refractivity (Wildman–Crippen MR) is 137 cm³/mol. The lowest BCUT2D eigenvalue weighted by molar-refractivity contribution is 0.0962. The molecule has 1 amide bonds. The van der Waals surface area contributed by atoms with E-state index in [1.54, 1.807) is 6.07 Å². The van der Waals surface area contributed by atoms with Crippen molar-refractivity contribution >= 4 is 46.4 Å². The van der Waals surface area contributed by atoms with E-state index >= 15 is 0 Å². The van der Waals surface area contributed by atoms with Crippen molar-refractivity contribution in [2.24, 2.45) is 0 Å². The van der Waals surface area contributed by atoms with E-state index in [0.29, 0.717) is 29.6 Å². The van der Waals surface area contributed by atoms with Gasteiger partial charge in [-0.1, -0.05) is 83.9 Å². The van der Waals surface area contributed by atoms with Gasteiger partial charge in [0.25, 0.3) is 5.91 Å². The van der Waals surface area contributed by atoms with Gasteiger partial charge in [-0.05, 0) is 29.3 Å². The largest absolute Gasteiger partial charge is 0.393 e. The van der Waals surface area contributed by atoms with Crippen molar-refractivity contribution in [1.29, 1.82) is 0 Å². The fraction of sp³-hybridized carbons (Fsp3) is 0.0800. The van der Waals surface area contributed by atoms with E-state index in [2.05, 4.69) is 25.7 Å². The number of nitrogen functional groups attached to an aromatic ring is 1. The first-order valence-corrected chi connectivity index (χ1v) is 11.2. The number of hydrogen-bond donors (Lipinski definition) is 3. The van der Waals surface area contributed by atoms with Crippen LogP contribution in [-0.2, 0) is 13.1 Å². The third kappa shape index (κ3) is 5.75. The second-order valence-corrected chi connectivity index (χ2v) is 8.33. The fourth-order valence-electron chi connectivity index (χ4n) is 3.41. The Labute approximate surface area is 207 Å². The number of nitrogens with two attached hydrogens (primary N) is 1. The van der Waals surface area contributed by atoms with Crippen molar-refractivity contribution < 1.29 is 4.79 Å². The highest BCUT2D eigenvalue weighted by molar-refractivity contribution is 6.36. The number of carbonyl (C=O) groups excluding carboxylic acids is 1. The molecule has 34 heavy (non-hydrogen) atoms. The summed E-state index contributed by atoms with van der Waals surface area (Å²) < 4.78 is 0. The number of hydrazine groups is 1. The van der Waals surface area contributed by atoms with E-state index in [1.165, 1.54) is 18.5 Å². The maximum atomic E-state index is 12.6. The Morgan fingerprint density at radius 2 is 1.50 bits per heavy atom. The number of benzene rings is 3. The van der Waals surface area contributed by atoms with E-state index in [0.717, 1.165) is 11.1 Å². The second-order valence-electron chi connectivity index (χ2n) is 7.49. The lowest BCUT2D eigenvalue weighted by Gasteiger charge is -2.26. The zero-order chi connectivity index (χ0) is 23.9. The molecule has 172 valence electrons. The van der Waals surface area contributed by atoms with E-state index in [9.17, 15) is 4.79 Å². The van der Waals surface area contributed by atoms with Gasteiger partial charge < -0.3 is 10.6 Å². The van der Waals surface area contributed by atoms with Crippen LogP contribution in [-0.4, -0.2) is 15.9 Å². The summed E-state index contributed by atoms with van der Waals surface area (Å²) in [5.41, 5.74) is 14.6. The Hall–Kier alpha value is -3.81. The minimum absolute atomic E-state index is 0.236. The van der Waals surface area contributed by atoms with Crippen molar-refractivity contribution in [3.8, 4) is 0 Å². The molecule has 0 aliphatic rings. The normalized spacial score (nSPS) is 10.5. The first-order chi connectivity index (χ1) is 16.5. The summed E-state index contributed by atoms with van der Waals surface area (Å²) in [7, 11) is 0. The molecule has 1 aromatic heterocycles. The average molecular weight is 493 g/mol. The van der Waals surface area contributed by atoms with Gasteiger partial charge in [0.1, 0.15) is 12.0 Å². The molecule has 4 rings (SSSR count). The molecule has 0 unspecified atom stereocenters. The number of hydrogen-bond acceptors (Lipinski definition) is 6. The van der Waals surface area contributed by atoms with E-state index in [-0.39, 0.29) is 16.4 Å². The summed E-state index contributed by atoms with van der Waals surface area (Å²) in [6, 6.07) is 24.7. The summed E-state index contributed by atoms with van der Waals surface area (Å²) in [5, 5.41) is 0.677. The van der Waals surface area contributed by atoms with Crippen LogP contribution in [0, 0.1) is 0 Å². The molecule has 4 aromatic rings. The van der Waals surface area contributed by atoms with E-state index < -0.39 is 5.91 Å². The molecule has 0 bridgehead atoms. The third-order valence-electron chi connectivity index (χ3n) is 5.07. The van der Waals surface area contributed by atoms with Crippen molar-refractivity contribution in [3.63, 3.8) is 0 Å². The minimum Gasteiger partial charge on any atom is -0.393 e. The molecule has 0 fully saturated rings. The zero-order valence-electron chi connectivity index (χ0n) is 18.1. The van der Waals surface area contributed by atoms with Crippen LogP contribution >= 0.6 is 23.2 Å². The summed E-state index contributed by atoms with van der Waals surface area (Å²) in [4.78, 5) is 23.3. The monoisotopic (exact) mass is 492 g/mol. The molecule has 9 heteroatoms. The molecule has 0 radical (unpaired) electrons. The number of rotatable bonds is 8. The zero-order valence-corrected chi connectivity index (χ0v) is 19.6. The number of amides is 1. The van der Waals surface area contributed by atoms with Crippen LogP contribution < -0.4 is 21.5 Å². The van der Waals surface area contributed by atoms with Crippen LogP contribution in [0.5, 0.6) is 0 Å². The van der Waals surface area contributed by atoms with Crippen molar-refractivity contribution in [3.05, 3.63) is 112 Å². The number of nitrogens with zero attached hydrogens (tertiary/aromatic N) is 3. The SMILES string of the molecule is Nc1c(NNC(=O)c2ccc(Cl)cc2Cl)ncnc1N(Cc1ccccc1)Cc1ccccc1. The summed E-state index contributed by atoms with van der Waals surface area (Å²) >= 11 is 12.0. The first-order valence-electron chi connectivity index (χ1n) is 10.5. The van der Waals surface area contributed by atoms with Gasteiger partial charge in [-0.25, -0.2) is 9.97 Å². The molecule has 7 nitrogen and oxygen atoms in total. The highest BCUT2D eigenvalue weighted by atomic mass is 35.5. The average Bonchev–Trinajstić information content (AvgIpc) is 2.84. The Kier molecular flexibility index (Phi) is 7.47. The number of aromatic nitrogens is 2. The highest BCUT2D eigenvalue weighted by Crippen LogP contribution is 2.28. The Balaban J connectivity index is 1.57. The highest BCUT2D eigenvalue weighted by Gasteiger charge is 2.18. The van der Waals surface area contributed by atoms with Gasteiger partial charge in [0, 0.05) is 18.1 Å². The standard InChI is InChI=1S/C25H22Cl2N6O/c26-19-11-12-20(21(27)13-19)25(34)32-31-23-22(28)24(30-16-29-23)33(14-17-7-3-1-4-8-17)15-18-9-5-2-6-10-18/h1-13,16H,14-15,28H2,(H,32,34)(H,29,30,31). The van der Waals surface area contributed by atoms with Crippen molar-refractivity contribution in [1.82, 2.24) is 15.4 Å². The van der Waals surface area contributed by atoms with Gasteiger partial charge in [0.15, 0.2) is 11.6 Å². The number of nitrogens with one attached hydrogen (secondary N) is 2. The Bertz CT molecular complexity index is 1230. The molecule has 0 saturated carbocycles. The van der Waals surface area contributed by atoms with Crippen LogP contribution in [0.4, 0.5) is 17.3 Å². The smallest absolute Gasteiger partial charge is 0.271 e. The fourth-order valence-corrected chi connectivity index (χ4v) is 3.90. The van der Waals surface area contributed by atoms with Crippen molar-refractivity contribution in [2.75, 3.05) is 16.1 Å². The second kappa shape index (κ2) is 10.9. The minimum atomic E-state index is -0.452. The maximum absolute atomic E-state index is 12.6. The first kappa shape index (κ1) is 23.4. The maximum Gasteiger partial charge on any atom is 0.271 e. The molecule has 0 atom stereocenters. The van der Waals surface area contributed by atoms with Crippen molar-refractivity contribution in [2.45, 2.75) is 13.1 Å². The molecule has 3 aromatic carbocycles. The van der Waals surface area contributed by atoms with E-state index in [4.69, 9.17) is 28.9 Å². The molecule has 1 heterocycles. The number of halogens is 2. The summed E-state index contributed by atoms with van der Waals surface area (Å²) in [5.74, 6) is 0.366. The number of anilines is 3. The molecule has 4 N–H and O–H groups in total. The molecular formula is C25H22Cl2N6O. The van der Waals surface area contributed by atoms with Gasteiger partial charge in [0.2, 0.25) is 0 Å². The van der Waals surface area contributed by atoms with Gasteiger partial charge in [-0.15, -0.1) is 0 Å². The summed E-state index contributed by atoms with van der Waals surface area (Å²) in [6.07, 6.45) is 1.40. The van der Waals surface area contributed by atoms with Crippen LogP contribution in [0.15, 0.2) is 85.2 Å². The van der Waals surface area contributed by atoms with Crippen LogP contribution in [0.2, 0.25) is 10.0 Å². The lowest BCUT2D eigenvalue weighted by atomic mass is 10.1. The molecule has 0 saturated heterocycles. The number of carbonyl (C=O) groups is 1. The van der Waals surface area contributed by atoms with Crippen LogP contribution in [0.3, 0.4) is 0 Å². The van der Waals surface area contributed by atoms with Crippen LogP contribution in [0.1, 0.15) is 21.5 Å². The van der Waals surface area contributed by atoms with Gasteiger partial charge >= 0.3 is 0 Å². The Morgan fingerprint density at radius 1 is 0.882 bits per heavy atom. The van der Waals surface area contributed by atoms with Crippen LogP contribution in [0.25, 0.3) is 0 Å². The summed E-state index contributed by atoms with van der Waals surface area (Å²) in [6.45, 7) is 1.17. The molecule has 0 aliphatic carbocycles. The topological polar surface area (TPSA) is 96.2 Å². The lowest BCUT2D eigenvalue weighted by Crippen LogP contribution is -2.31. The van der Waals surface area contributed by atoms with Gasteiger partial charge in [-0.2, -0.15) is 0 Å². The molecule has 0 aliphatic heterocycles. The Morgan fingerprint density at radius 3 is 2.09 bits per heavy atom. The van der Waals surface area contributed by atoms with Gasteiger partial charge in [-0.3, -0.25) is 15.6 Å². The molecular weight excluding hydrogens is 471 g/mol. The van der Waals surface area contributed by atoms with Gasteiger partial charge in [0.05, 0.1) is 10.6 Å².